The standard InChI is InChI=1S/C13H18N2O5S/c1-13(2,3)20-8-9(12(16)17)14-21-11-7-5-4-6-10(11)15(18)19/h4-7,9,14H,8H2,1-3H3,(H,16,17)/t9-/m1/s1. The van der Waals surface area contributed by atoms with Gasteiger partial charge in [0.1, 0.15) is 10.9 Å². The number of hydrogen-bond acceptors (Lipinski definition) is 6. The molecule has 7 nitrogen and oxygen atoms in total. The molecule has 0 aromatic heterocycles. The van der Waals surface area contributed by atoms with E-state index in [2.05, 4.69) is 4.72 Å². The van der Waals surface area contributed by atoms with Crippen molar-refractivity contribution in [1.29, 1.82) is 0 Å². The number of para-hydroxylation sites is 1. The summed E-state index contributed by atoms with van der Waals surface area (Å²) in [6.45, 7) is 5.43. The molecule has 1 aromatic rings. The fraction of sp³-hybridized carbons (Fsp3) is 0.462. The van der Waals surface area contributed by atoms with Crippen LogP contribution in [0.25, 0.3) is 0 Å². The summed E-state index contributed by atoms with van der Waals surface area (Å²) in [6, 6.07) is 5.16. The van der Waals surface area contributed by atoms with Crippen molar-refractivity contribution in [2.75, 3.05) is 6.61 Å². The molecule has 0 aliphatic carbocycles. The Morgan fingerprint density at radius 1 is 1.48 bits per heavy atom. The highest BCUT2D eigenvalue weighted by molar-refractivity contribution is 7.97. The molecule has 0 heterocycles. The molecule has 1 rings (SSSR count). The Morgan fingerprint density at radius 2 is 2.10 bits per heavy atom. The average Bonchev–Trinajstić information content (AvgIpc) is 2.37. The number of nitro benzene ring substituents is 1. The van der Waals surface area contributed by atoms with Crippen LogP contribution in [-0.4, -0.2) is 34.2 Å². The second-order valence-electron chi connectivity index (χ2n) is 5.26. The van der Waals surface area contributed by atoms with Crippen LogP contribution in [0.3, 0.4) is 0 Å². The van der Waals surface area contributed by atoms with Gasteiger partial charge in [0.2, 0.25) is 0 Å². The Morgan fingerprint density at radius 3 is 2.62 bits per heavy atom. The first-order valence-electron chi connectivity index (χ1n) is 6.23. The van der Waals surface area contributed by atoms with Gasteiger partial charge < -0.3 is 9.84 Å². The number of benzene rings is 1. The summed E-state index contributed by atoms with van der Waals surface area (Å²) in [7, 11) is 0. The van der Waals surface area contributed by atoms with Crippen molar-refractivity contribution in [2.45, 2.75) is 37.3 Å². The maximum atomic E-state index is 11.2. The van der Waals surface area contributed by atoms with Crippen molar-refractivity contribution in [1.82, 2.24) is 4.72 Å². The summed E-state index contributed by atoms with van der Waals surface area (Å²) in [5.74, 6) is -1.08. The minimum atomic E-state index is -1.08. The molecule has 0 bridgehead atoms. The first-order chi connectivity index (χ1) is 9.70. The number of nitro groups is 1. The van der Waals surface area contributed by atoms with Crippen molar-refractivity contribution in [3.63, 3.8) is 0 Å². The third-order valence-electron chi connectivity index (χ3n) is 2.35. The van der Waals surface area contributed by atoms with Crippen molar-refractivity contribution in [3.8, 4) is 0 Å². The lowest BCUT2D eigenvalue weighted by molar-refractivity contribution is -0.387. The number of hydrogen-bond donors (Lipinski definition) is 2. The van der Waals surface area contributed by atoms with Crippen LogP contribution < -0.4 is 4.72 Å². The number of rotatable bonds is 7. The summed E-state index contributed by atoms with van der Waals surface area (Å²) >= 11 is 0.910. The van der Waals surface area contributed by atoms with Gasteiger partial charge in [0.25, 0.3) is 5.69 Å². The molecule has 0 aliphatic rings. The largest absolute Gasteiger partial charge is 0.480 e. The van der Waals surface area contributed by atoms with Gasteiger partial charge >= 0.3 is 5.97 Å². The zero-order valence-electron chi connectivity index (χ0n) is 12.0. The molecule has 21 heavy (non-hydrogen) atoms. The van der Waals surface area contributed by atoms with Gasteiger partial charge in [-0.15, -0.1) is 0 Å². The van der Waals surface area contributed by atoms with E-state index in [1.165, 1.54) is 6.07 Å². The van der Waals surface area contributed by atoms with Crippen LogP contribution in [0, 0.1) is 10.1 Å². The van der Waals surface area contributed by atoms with Crippen molar-refractivity contribution in [2.24, 2.45) is 0 Å². The number of carbonyl (C=O) groups is 1. The quantitative estimate of drug-likeness (QED) is 0.453. The lowest BCUT2D eigenvalue weighted by Gasteiger charge is -2.22. The molecule has 0 saturated heterocycles. The molecule has 8 heteroatoms. The molecular formula is C13H18N2O5S. The second kappa shape index (κ2) is 7.39. The van der Waals surface area contributed by atoms with Gasteiger partial charge in [0.15, 0.2) is 0 Å². The predicted octanol–water partition coefficient (Wildman–Crippen LogP) is 2.46. The van der Waals surface area contributed by atoms with Crippen LogP contribution in [0.5, 0.6) is 0 Å². The van der Waals surface area contributed by atoms with E-state index in [1.54, 1.807) is 18.2 Å². The summed E-state index contributed by atoms with van der Waals surface area (Å²) in [5, 5.41) is 20.0. The van der Waals surface area contributed by atoms with Gasteiger partial charge in [-0.2, -0.15) is 0 Å². The normalized spacial score (nSPS) is 12.9. The maximum Gasteiger partial charge on any atom is 0.323 e. The van der Waals surface area contributed by atoms with Gasteiger partial charge in [-0.3, -0.25) is 14.9 Å². The predicted molar refractivity (Wildman–Crippen MR) is 79.2 cm³/mol. The highest BCUT2D eigenvalue weighted by atomic mass is 32.2. The number of nitrogens with zero attached hydrogens (tertiary/aromatic N) is 1. The van der Waals surface area contributed by atoms with E-state index < -0.39 is 22.5 Å². The lowest BCUT2D eigenvalue weighted by Crippen LogP contribution is -2.39. The van der Waals surface area contributed by atoms with Gasteiger partial charge in [-0.25, -0.2) is 4.72 Å². The van der Waals surface area contributed by atoms with Gasteiger partial charge in [0, 0.05) is 6.07 Å². The van der Waals surface area contributed by atoms with E-state index in [0.29, 0.717) is 4.90 Å². The summed E-state index contributed by atoms with van der Waals surface area (Å²) in [5.41, 5.74) is -0.533. The molecule has 0 fully saturated rings. The Bertz CT molecular complexity index is 516. The van der Waals surface area contributed by atoms with E-state index in [-0.39, 0.29) is 12.3 Å². The van der Waals surface area contributed by atoms with Crippen LogP contribution in [0.1, 0.15) is 20.8 Å². The van der Waals surface area contributed by atoms with Crippen molar-refractivity contribution in [3.05, 3.63) is 34.4 Å². The molecule has 0 unspecified atom stereocenters. The number of carboxylic acid groups (broad SMARTS) is 1. The van der Waals surface area contributed by atoms with Crippen molar-refractivity contribution >= 4 is 23.6 Å². The number of carboxylic acids is 1. The zero-order chi connectivity index (χ0) is 16.0. The van der Waals surface area contributed by atoms with E-state index in [1.807, 2.05) is 20.8 Å². The Labute approximate surface area is 127 Å². The Kier molecular flexibility index (Phi) is 6.13. The van der Waals surface area contributed by atoms with Crippen LogP contribution in [0.4, 0.5) is 5.69 Å². The first-order valence-corrected chi connectivity index (χ1v) is 7.05. The highest BCUT2D eigenvalue weighted by Gasteiger charge is 2.23. The fourth-order valence-electron chi connectivity index (χ4n) is 1.32. The van der Waals surface area contributed by atoms with E-state index in [9.17, 15) is 14.9 Å². The zero-order valence-corrected chi connectivity index (χ0v) is 12.8. The molecule has 0 saturated carbocycles. The fourth-order valence-corrected chi connectivity index (χ4v) is 2.15. The molecule has 0 radical (unpaired) electrons. The molecule has 0 aliphatic heterocycles. The monoisotopic (exact) mass is 314 g/mol. The van der Waals surface area contributed by atoms with E-state index in [0.717, 1.165) is 11.9 Å². The molecule has 1 aromatic carbocycles. The second-order valence-corrected chi connectivity index (χ2v) is 6.14. The number of aliphatic carboxylic acids is 1. The average molecular weight is 314 g/mol. The highest BCUT2D eigenvalue weighted by Crippen LogP contribution is 2.27. The van der Waals surface area contributed by atoms with E-state index in [4.69, 9.17) is 9.84 Å². The van der Waals surface area contributed by atoms with E-state index >= 15 is 0 Å². The molecule has 116 valence electrons. The molecule has 2 N–H and O–H groups in total. The van der Waals surface area contributed by atoms with Crippen LogP contribution >= 0.6 is 11.9 Å². The van der Waals surface area contributed by atoms with Crippen LogP contribution in [-0.2, 0) is 9.53 Å². The smallest absolute Gasteiger partial charge is 0.323 e. The van der Waals surface area contributed by atoms with Crippen LogP contribution in [0.2, 0.25) is 0 Å². The summed E-state index contributed by atoms with van der Waals surface area (Å²) < 4.78 is 8.12. The topological polar surface area (TPSA) is 102 Å². The third kappa shape index (κ3) is 6.11. The number of ether oxygens (including phenoxy) is 1. The Hall–Kier alpha value is -1.64. The minimum Gasteiger partial charge on any atom is -0.480 e. The first kappa shape index (κ1) is 17.4. The minimum absolute atomic E-state index is 0.0353. The summed E-state index contributed by atoms with van der Waals surface area (Å²) in [6.07, 6.45) is 0. The number of nitrogens with one attached hydrogen (secondary N) is 1. The Balaban J connectivity index is 2.70. The molecule has 1 atom stereocenters. The van der Waals surface area contributed by atoms with Gasteiger partial charge in [0.05, 0.1) is 17.1 Å². The van der Waals surface area contributed by atoms with Gasteiger partial charge in [-0.1, -0.05) is 12.1 Å². The summed E-state index contributed by atoms with van der Waals surface area (Å²) in [4.78, 5) is 21.9. The molecule has 0 amide bonds. The molecule has 0 spiro atoms. The SMILES string of the molecule is CC(C)(C)OC[C@@H](NSc1ccccc1[N+](=O)[O-])C(=O)O. The third-order valence-corrected chi connectivity index (χ3v) is 3.32. The van der Waals surface area contributed by atoms with Gasteiger partial charge in [-0.05, 0) is 38.8 Å². The van der Waals surface area contributed by atoms with Crippen molar-refractivity contribution < 1.29 is 19.6 Å². The lowest BCUT2D eigenvalue weighted by atomic mass is 10.2. The maximum absolute atomic E-state index is 11.2. The molecular weight excluding hydrogens is 296 g/mol. The van der Waals surface area contributed by atoms with Crippen LogP contribution in [0.15, 0.2) is 29.2 Å².